The number of nitrogens with one attached hydrogen (secondary N) is 1. The Hall–Kier alpha value is -2.56. The minimum Gasteiger partial charge on any atom is -0.494 e. The van der Waals surface area contributed by atoms with Gasteiger partial charge in [0.15, 0.2) is 0 Å². The van der Waals surface area contributed by atoms with Crippen LogP contribution in [0.25, 0.3) is 0 Å². The number of carbonyl (C=O) groups is 1. The topological polar surface area (TPSA) is 54.5 Å². The summed E-state index contributed by atoms with van der Waals surface area (Å²) in [7, 11) is 1.81. The van der Waals surface area contributed by atoms with E-state index < -0.39 is 0 Å². The van der Waals surface area contributed by atoms with Crippen molar-refractivity contribution in [2.24, 2.45) is 0 Å². The van der Waals surface area contributed by atoms with Gasteiger partial charge < -0.3 is 15.0 Å². The van der Waals surface area contributed by atoms with E-state index in [0.29, 0.717) is 13.2 Å². The van der Waals surface area contributed by atoms with E-state index >= 15 is 0 Å². The van der Waals surface area contributed by atoms with E-state index in [4.69, 9.17) is 4.74 Å². The molecule has 0 spiro atoms. The molecular weight excluding hydrogens is 326 g/mol. The molecule has 1 atom stereocenters. The van der Waals surface area contributed by atoms with Crippen molar-refractivity contribution in [1.82, 2.24) is 15.2 Å². The predicted molar refractivity (Wildman–Crippen MR) is 104 cm³/mol. The molecule has 0 bridgehead atoms. The van der Waals surface area contributed by atoms with Crippen LogP contribution in [0.4, 0.5) is 4.79 Å². The van der Waals surface area contributed by atoms with Crippen LogP contribution in [0.3, 0.4) is 0 Å². The largest absolute Gasteiger partial charge is 0.494 e. The number of amides is 2. The maximum Gasteiger partial charge on any atom is 0.317 e. The Kier molecular flexibility index (Phi) is 7.45. The fourth-order valence-corrected chi connectivity index (χ4v) is 2.70. The van der Waals surface area contributed by atoms with Crippen molar-refractivity contribution in [2.75, 3.05) is 13.7 Å². The first-order valence-electron chi connectivity index (χ1n) is 9.19. The van der Waals surface area contributed by atoms with Gasteiger partial charge in [-0.15, -0.1) is 0 Å². The minimum absolute atomic E-state index is 0.0243. The van der Waals surface area contributed by atoms with Gasteiger partial charge in [0.1, 0.15) is 5.75 Å². The second kappa shape index (κ2) is 9.80. The van der Waals surface area contributed by atoms with Crippen molar-refractivity contribution in [3.63, 3.8) is 0 Å². The van der Waals surface area contributed by atoms with Crippen LogP contribution in [-0.4, -0.2) is 29.6 Å². The van der Waals surface area contributed by atoms with Gasteiger partial charge in [0, 0.05) is 26.0 Å². The van der Waals surface area contributed by atoms with Crippen molar-refractivity contribution in [3.05, 3.63) is 59.4 Å². The molecular formula is C21H29N3O2. The van der Waals surface area contributed by atoms with Gasteiger partial charge >= 0.3 is 6.03 Å². The van der Waals surface area contributed by atoms with Gasteiger partial charge in [-0.1, -0.05) is 26.0 Å². The van der Waals surface area contributed by atoms with Crippen molar-refractivity contribution in [2.45, 2.75) is 46.2 Å². The van der Waals surface area contributed by atoms with E-state index in [1.807, 2.05) is 50.5 Å². The SMILES string of the molecule is CCCOc1ccc([C@@H](CC)NC(=O)N(C)Cc2ccncc2C)cc1. The molecule has 0 aliphatic rings. The molecule has 5 heteroatoms. The Morgan fingerprint density at radius 1 is 1.23 bits per heavy atom. The van der Waals surface area contributed by atoms with Crippen LogP contribution >= 0.6 is 0 Å². The zero-order chi connectivity index (χ0) is 18.9. The van der Waals surface area contributed by atoms with Gasteiger partial charge in [0.05, 0.1) is 12.6 Å². The number of aromatic nitrogens is 1. The van der Waals surface area contributed by atoms with E-state index in [0.717, 1.165) is 35.3 Å². The van der Waals surface area contributed by atoms with E-state index in [2.05, 4.69) is 24.1 Å². The molecule has 2 rings (SSSR count). The number of aryl methyl sites for hydroxylation is 1. The third-order valence-electron chi connectivity index (χ3n) is 4.35. The Bertz CT molecular complexity index is 701. The number of hydrogen-bond donors (Lipinski definition) is 1. The van der Waals surface area contributed by atoms with Crippen molar-refractivity contribution in [1.29, 1.82) is 0 Å². The molecule has 1 heterocycles. The second-order valence-electron chi connectivity index (χ2n) is 6.49. The lowest BCUT2D eigenvalue weighted by molar-refractivity contribution is 0.202. The van der Waals surface area contributed by atoms with Crippen LogP contribution in [-0.2, 0) is 6.54 Å². The van der Waals surface area contributed by atoms with Crippen LogP contribution in [0.15, 0.2) is 42.7 Å². The molecule has 5 nitrogen and oxygen atoms in total. The smallest absolute Gasteiger partial charge is 0.317 e. The lowest BCUT2D eigenvalue weighted by Crippen LogP contribution is -2.39. The number of urea groups is 1. The zero-order valence-corrected chi connectivity index (χ0v) is 16.2. The third-order valence-corrected chi connectivity index (χ3v) is 4.35. The van der Waals surface area contributed by atoms with Crippen molar-refractivity contribution >= 4 is 6.03 Å². The molecule has 0 saturated heterocycles. The number of ether oxygens (including phenoxy) is 1. The summed E-state index contributed by atoms with van der Waals surface area (Å²) in [5, 5.41) is 3.12. The summed E-state index contributed by atoms with van der Waals surface area (Å²) < 4.78 is 5.62. The lowest BCUT2D eigenvalue weighted by Gasteiger charge is -2.24. The maximum atomic E-state index is 12.6. The molecule has 1 aromatic carbocycles. The molecule has 0 unspecified atom stereocenters. The Morgan fingerprint density at radius 2 is 1.96 bits per heavy atom. The summed E-state index contributed by atoms with van der Waals surface area (Å²) in [6.45, 7) is 7.43. The molecule has 2 amide bonds. The van der Waals surface area contributed by atoms with E-state index in [-0.39, 0.29) is 12.1 Å². The van der Waals surface area contributed by atoms with Crippen LogP contribution in [0.1, 0.15) is 49.4 Å². The highest BCUT2D eigenvalue weighted by Crippen LogP contribution is 2.21. The van der Waals surface area contributed by atoms with Crippen LogP contribution in [0.5, 0.6) is 5.75 Å². The molecule has 1 aromatic heterocycles. The fraction of sp³-hybridized carbons (Fsp3) is 0.429. The highest BCUT2D eigenvalue weighted by atomic mass is 16.5. The normalized spacial score (nSPS) is 11.7. The van der Waals surface area contributed by atoms with E-state index in [1.165, 1.54) is 0 Å². The van der Waals surface area contributed by atoms with Crippen LogP contribution in [0.2, 0.25) is 0 Å². The van der Waals surface area contributed by atoms with Crippen LogP contribution < -0.4 is 10.1 Å². The molecule has 0 aliphatic heterocycles. The minimum atomic E-state index is -0.0839. The fourth-order valence-electron chi connectivity index (χ4n) is 2.70. The van der Waals surface area contributed by atoms with Gasteiger partial charge in [-0.2, -0.15) is 0 Å². The number of benzene rings is 1. The third kappa shape index (κ3) is 5.48. The molecule has 140 valence electrons. The number of hydrogen-bond acceptors (Lipinski definition) is 3. The van der Waals surface area contributed by atoms with Crippen molar-refractivity contribution in [3.8, 4) is 5.75 Å². The average Bonchev–Trinajstić information content (AvgIpc) is 2.66. The Balaban J connectivity index is 1.97. The highest BCUT2D eigenvalue weighted by Gasteiger charge is 2.16. The monoisotopic (exact) mass is 355 g/mol. The highest BCUT2D eigenvalue weighted by molar-refractivity contribution is 5.74. The van der Waals surface area contributed by atoms with Gasteiger partial charge in [-0.3, -0.25) is 4.98 Å². The van der Waals surface area contributed by atoms with E-state index in [9.17, 15) is 4.79 Å². The average molecular weight is 355 g/mol. The van der Waals surface area contributed by atoms with Gasteiger partial charge in [0.2, 0.25) is 0 Å². The molecule has 0 radical (unpaired) electrons. The zero-order valence-electron chi connectivity index (χ0n) is 16.2. The lowest BCUT2D eigenvalue weighted by atomic mass is 10.0. The summed E-state index contributed by atoms with van der Waals surface area (Å²) >= 11 is 0. The molecule has 2 aromatic rings. The number of carbonyl (C=O) groups excluding carboxylic acids is 1. The standard InChI is InChI=1S/C21H29N3O2/c1-5-13-26-19-9-7-17(8-10-19)20(6-2)23-21(25)24(4)15-18-11-12-22-14-16(18)3/h7-12,14,20H,5-6,13,15H2,1-4H3,(H,23,25)/t20-/m1/s1. The first-order chi connectivity index (χ1) is 12.5. The maximum absolute atomic E-state index is 12.6. The van der Waals surface area contributed by atoms with E-state index in [1.54, 1.807) is 11.1 Å². The molecule has 0 aliphatic carbocycles. The number of pyridine rings is 1. The van der Waals surface area contributed by atoms with Crippen molar-refractivity contribution < 1.29 is 9.53 Å². The first kappa shape index (κ1) is 19.8. The Labute approximate surface area is 156 Å². The predicted octanol–water partition coefficient (Wildman–Crippen LogP) is 4.47. The van der Waals surface area contributed by atoms with Gasteiger partial charge in [0.25, 0.3) is 0 Å². The number of nitrogens with zero attached hydrogens (tertiary/aromatic N) is 2. The Morgan fingerprint density at radius 3 is 2.58 bits per heavy atom. The quantitative estimate of drug-likeness (QED) is 0.760. The molecule has 1 N–H and O–H groups in total. The number of rotatable bonds is 8. The second-order valence-corrected chi connectivity index (χ2v) is 6.49. The summed E-state index contributed by atoms with van der Waals surface area (Å²) in [5.41, 5.74) is 3.27. The molecule has 0 fully saturated rings. The first-order valence-corrected chi connectivity index (χ1v) is 9.19. The van der Waals surface area contributed by atoms with Crippen LogP contribution in [0, 0.1) is 6.92 Å². The molecule has 26 heavy (non-hydrogen) atoms. The summed E-state index contributed by atoms with van der Waals surface area (Å²) in [6, 6.07) is 9.81. The molecule has 0 saturated carbocycles. The van der Waals surface area contributed by atoms with Gasteiger partial charge in [-0.25, -0.2) is 4.79 Å². The summed E-state index contributed by atoms with van der Waals surface area (Å²) in [5.74, 6) is 0.863. The summed E-state index contributed by atoms with van der Waals surface area (Å²) in [6.07, 6.45) is 5.38. The summed E-state index contributed by atoms with van der Waals surface area (Å²) in [4.78, 5) is 18.4. The van der Waals surface area contributed by atoms with Gasteiger partial charge in [-0.05, 0) is 54.7 Å².